The molecule has 0 saturated carbocycles. The van der Waals surface area contributed by atoms with Crippen molar-refractivity contribution >= 4 is 33.6 Å². The SMILES string of the molecule is Cc1cc(Br)cc(C)c1N1CCCC(NC(=O)OC(C)(C)C)C1=O. The second-order valence-electron chi connectivity index (χ2n) is 7.22. The molecule has 0 radical (unpaired) electrons. The van der Waals surface area contributed by atoms with E-state index in [2.05, 4.69) is 21.2 Å². The van der Waals surface area contributed by atoms with Gasteiger partial charge in [-0.2, -0.15) is 0 Å². The molecule has 2 rings (SSSR count). The van der Waals surface area contributed by atoms with E-state index >= 15 is 0 Å². The van der Waals surface area contributed by atoms with Gasteiger partial charge < -0.3 is 15.0 Å². The summed E-state index contributed by atoms with van der Waals surface area (Å²) in [4.78, 5) is 26.6. The Bertz CT molecular complexity index is 629. The third-order valence-corrected chi connectivity index (χ3v) is 4.31. The van der Waals surface area contributed by atoms with Crippen LogP contribution < -0.4 is 10.2 Å². The third-order valence-electron chi connectivity index (χ3n) is 3.86. The Hall–Kier alpha value is -1.56. The van der Waals surface area contributed by atoms with Crippen molar-refractivity contribution in [1.82, 2.24) is 5.32 Å². The molecular formula is C18H25BrN2O3. The molecule has 1 aromatic rings. The average molecular weight is 397 g/mol. The van der Waals surface area contributed by atoms with Gasteiger partial charge in [0.2, 0.25) is 5.91 Å². The topological polar surface area (TPSA) is 58.6 Å². The zero-order chi connectivity index (χ0) is 18.1. The molecule has 0 aliphatic carbocycles. The van der Waals surface area contributed by atoms with E-state index in [0.717, 1.165) is 27.7 Å². The molecule has 6 heteroatoms. The summed E-state index contributed by atoms with van der Waals surface area (Å²) < 4.78 is 6.26. The van der Waals surface area contributed by atoms with Crippen LogP contribution in [0.1, 0.15) is 44.7 Å². The monoisotopic (exact) mass is 396 g/mol. The lowest BCUT2D eigenvalue weighted by molar-refractivity contribution is -0.121. The number of hydrogen-bond donors (Lipinski definition) is 1. The van der Waals surface area contributed by atoms with E-state index in [1.54, 1.807) is 25.7 Å². The fourth-order valence-electron chi connectivity index (χ4n) is 3.01. The lowest BCUT2D eigenvalue weighted by atomic mass is 10.0. The molecule has 1 aliphatic heterocycles. The number of anilines is 1. The van der Waals surface area contributed by atoms with Gasteiger partial charge in [-0.25, -0.2) is 4.79 Å². The first-order chi connectivity index (χ1) is 11.1. The molecule has 1 aromatic carbocycles. The zero-order valence-corrected chi connectivity index (χ0v) is 16.5. The summed E-state index contributed by atoms with van der Waals surface area (Å²) in [7, 11) is 0. The van der Waals surface area contributed by atoms with Crippen molar-refractivity contribution in [2.24, 2.45) is 0 Å². The van der Waals surface area contributed by atoms with E-state index in [-0.39, 0.29) is 5.91 Å². The van der Waals surface area contributed by atoms with Crippen molar-refractivity contribution in [3.05, 3.63) is 27.7 Å². The standard InChI is InChI=1S/C18H25BrN2O3/c1-11-9-13(19)10-12(2)15(11)21-8-6-7-14(16(21)22)20-17(23)24-18(3,4)5/h9-10,14H,6-8H2,1-5H3,(H,20,23). The summed E-state index contributed by atoms with van der Waals surface area (Å²) in [6.07, 6.45) is 0.914. The Morgan fingerprint density at radius 3 is 2.42 bits per heavy atom. The average Bonchev–Trinajstić information content (AvgIpc) is 2.39. The van der Waals surface area contributed by atoms with Gasteiger partial charge in [-0.1, -0.05) is 15.9 Å². The number of amides is 2. The molecule has 1 fully saturated rings. The first-order valence-corrected chi connectivity index (χ1v) is 8.95. The molecule has 1 unspecified atom stereocenters. The predicted molar refractivity (Wildman–Crippen MR) is 98.4 cm³/mol. The molecule has 1 saturated heterocycles. The maximum absolute atomic E-state index is 12.9. The van der Waals surface area contributed by atoms with Gasteiger partial charge in [0, 0.05) is 16.7 Å². The van der Waals surface area contributed by atoms with E-state index in [9.17, 15) is 9.59 Å². The number of rotatable bonds is 2. The molecule has 24 heavy (non-hydrogen) atoms. The van der Waals surface area contributed by atoms with Gasteiger partial charge in [-0.05, 0) is 70.7 Å². The van der Waals surface area contributed by atoms with Crippen LogP contribution in [0.2, 0.25) is 0 Å². The first-order valence-electron chi connectivity index (χ1n) is 8.16. The van der Waals surface area contributed by atoms with Crippen LogP contribution in [0.4, 0.5) is 10.5 Å². The minimum absolute atomic E-state index is 0.0827. The van der Waals surface area contributed by atoms with E-state index in [0.29, 0.717) is 13.0 Å². The highest BCUT2D eigenvalue weighted by Crippen LogP contribution is 2.31. The number of carbonyl (C=O) groups is 2. The Morgan fingerprint density at radius 1 is 1.29 bits per heavy atom. The Balaban J connectivity index is 2.18. The number of alkyl carbamates (subject to hydrolysis) is 1. The van der Waals surface area contributed by atoms with Gasteiger partial charge >= 0.3 is 6.09 Å². The number of hydrogen-bond acceptors (Lipinski definition) is 3. The van der Waals surface area contributed by atoms with Crippen LogP contribution >= 0.6 is 15.9 Å². The smallest absolute Gasteiger partial charge is 0.408 e. The minimum atomic E-state index is -0.583. The van der Waals surface area contributed by atoms with Crippen molar-refractivity contribution in [1.29, 1.82) is 0 Å². The normalized spacial score (nSPS) is 18.5. The van der Waals surface area contributed by atoms with E-state index < -0.39 is 17.7 Å². The van der Waals surface area contributed by atoms with Gasteiger partial charge in [0.15, 0.2) is 0 Å². The number of benzene rings is 1. The molecule has 1 atom stereocenters. The van der Waals surface area contributed by atoms with Crippen molar-refractivity contribution in [2.45, 2.75) is 59.1 Å². The van der Waals surface area contributed by atoms with Crippen LogP contribution in [-0.2, 0) is 9.53 Å². The number of aryl methyl sites for hydroxylation is 2. The molecule has 0 aromatic heterocycles. The van der Waals surface area contributed by atoms with Crippen LogP contribution in [0.15, 0.2) is 16.6 Å². The van der Waals surface area contributed by atoms with Gasteiger partial charge in [0.1, 0.15) is 11.6 Å². The maximum atomic E-state index is 12.9. The maximum Gasteiger partial charge on any atom is 0.408 e. The molecule has 1 aliphatic rings. The van der Waals surface area contributed by atoms with Crippen LogP contribution in [0.25, 0.3) is 0 Å². The van der Waals surface area contributed by atoms with Crippen LogP contribution in [0.5, 0.6) is 0 Å². The van der Waals surface area contributed by atoms with Gasteiger partial charge in [0.05, 0.1) is 0 Å². The Labute approximate surface area is 151 Å². The summed E-state index contributed by atoms with van der Waals surface area (Å²) in [5.74, 6) is -0.0827. The molecule has 1 N–H and O–H groups in total. The van der Waals surface area contributed by atoms with Gasteiger partial charge in [-0.15, -0.1) is 0 Å². The van der Waals surface area contributed by atoms with Crippen LogP contribution in [0, 0.1) is 13.8 Å². The van der Waals surface area contributed by atoms with E-state index in [1.807, 2.05) is 26.0 Å². The largest absolute Gasteiger partial charge is 0.444 e. The predicted octanol–water partition coefficient (Wildman–Crippen LogP) is 4.09. The lowest BCUT2D eigenvalue weighted by Crippen LogP contribution is -2.53. The van der Waals surface area contributed by atoms with Crippen molar-refractivity contribution < 1.29 is 14.3 Å². The number of nitrogens with zero attached hydrogens (tertiary/aromatic N) is 1. The molecular weight excluding hydrogens is 372 g/mol. The van der Waals surface area contributed by atoms with Crippen molar-refractivity contribution in [3.8, 4) is 0 Å². The van der Waals surface area contributed by atoms with Crippen LogP contribution in [-0.4, -0.2) is 30.2 Å². The minimum Gasteiger partial charge on any atom is -0.444 e. The fourth-order valence-corrected chi connectivity index (χ4v) is 3.70. The molecule has 1 heterocycles. The summed E-state index contributed by atoms with van der Waals surface area (Å²) in [5.41, 5.74) is 2.42. The molecule has 2 amide bonds. The van der Waals surface area contributed by atoms with Gasteiger partial charge in [0.25, 0.3) is 0 Å². The number of piperidine rings is 1. The third kappa shape index (κ3) is 4.50. The molecule has 132 valence electrons. The highest BCUT2D eigenvalue weighted by Gasteiger charge is 2.33. The molecule has 0 bridgehead atoms. The Morgan fingerprint density at radius 2 is 1.88 bits per heavy atom. The number of nitrogens with one attached hydrogen (secondary N) is 1. The molecule has 0 spiro atoms. The molecule has 5 nitrogen and oxygen atoms in total. The quantitative estimate of drug-likeness (QED) is 0.818. The second kappa shape index (κ2) is 7.13. The van der Waals surface area contributed by atoms with Crippen molar-refractivity contribution in [3.63, 3.8) is 0 Å². The van der Waals surface area contributed by atoms with Crippen LogP contribution in [0.3, 0.4) is 0 Å². The van der Waals surface area contributed by atoms with E-state index in [1.165, 1.54) is 0 Å². The number of carbonyl (C=O) groups excluding carboxylic acids is 2. The summed E-state index contributed by atoms with van der Waals surface area (Å²) in [6.45, 7) is 10.0. The lowest BCUT2D eigenvalue weighted by Gasteiger charge is -2.34. The summed E-state index contributed by atoms with van der Waals surface area (Å²) in [6, 6.07) is 3.46. The first kappa shape index (κ1) is 18.8. The number of halogens is 1. The fraction of sp³-hybridized carbons (Fsp3) is 0.556. The highest BCUT2D eigenvalue weighted by molar-refractivity contribution is 9.10. The van der Waals surface area contributed by atoms with E-state index in [4.69, 9.17) is 4.74 Å². The number of ether oxygens (including phenoxy) is 1. The highest BCUT2D eigenvalue weighted by atomic mass is 79.9. The Kier molecular flexibility index (Phi) is 5.58. The summed E-state index contributed by atoms with van der Waals surface area (Å²) in [5, 5.41) is 2.71. The van der Waals surface area contributed by atoms with Crippen molar-refractivity contribution in [2.75, 3.05) is 11.4 Å². The zero-order valence-electron chi connectivity index (χ0n) is 14.9. The summed E-state index contributed by atoms with van der Waals surface area (Å²) >= 11 is 3.48. The second-order valence-corrected chi connectivity index (χ2v) is 8.13. The van der Waals surface area contributed by atoms with Gasteiger partial charge in [-0.3, -0.25) is 4.79 Å².